The molecule has 2 N–H and O–H groups in total. The van der Waals surface area contributed by atoms with Crippen LogP contribution in [-0.2, 0) is 0 Å². The average Bonchev–Trinajstić information content (AvgIpc) is 2.56. The second-order valence-corrected chi connectivity index (χ2v) is 6.59. The van der Waals surface area contributed by atoms with Crippen molar-refractivity contribution in [2.24, 2.45) is 9.98 Å². The predicted octanol–water partition coefficient (Wildman–Crippen LogP) is 3.04. The summed E-state index contributed by atoms with van der Waals surface area (Å²) in [6, 6.07) is 6.35. The number of hydrogen-bond acceptors (Lipinski definition) is 4. The second-order valence-electron chi connectivity index (χ2n) is 6.15. The summed E-state index contributed by atoms with van der Waals surface area (Å²) in [6.07, 6.45) is 6.29. The molecule has 0 bridgehead atoms. The van der Waals surface area contributed by atoms with Crippen molar-refractivity contribution in [3.63, 3.8) is 0 Å². The van der Waals surface area contributed by atoms with E-state index in [0.29, 0.717) is 6.04 Å². The maximum atomic E-state index is 6.17. The lowest BCUT2D eigenvalue weighted by molar-refractivity contribution is 0.460. The Morgan fingerprint density at radius 2 is 2.13 bits per heavy atom. The topological polar surface area (TPSA) is 52.0 Å². The molecule has 1 fully saturated rings. The Labute approximate surface area is 141 Å². The highest BCUT2D eigenvalue weighted by Crippen LogP contribution is 2.35. The second kappa shape index (κ2) is 5.98. The summed E-state index contributed by atoms with van der Waals surface area (Å²) < 4.78 is 0. The molecule has 0 saturated carbocycles. The van der Waals surface area contributed by atoms with E-state index in [1.54, 1.807) is 0 Å². The number of aliphatic imine (C=N–C) groups is 2. The van der Waals surface area contributed by atoms with Crippen LogP contribution in [0.2, 0.25) is 5.02 Å². The Morgan fingerprint density at radius 3 is 2.96 bits per heavy atom. The van der Waals surface area contributed by atoms with E-state index >= 15 is 0 Å². The number of anilines is 2. The van der Waals surface area contributed by atoms with Crippen LogP contribution in [0.4, 0.5) is 11.4 Å². The molecule has 1 atom stereocenters. The van der Waals surface area contributed by atoms with Crippen molar-refractivity contribution in [1.29, 1.82) is 0 Å². The van der Waals surface area contributed by atoms with E-state index in [1.165, 1.54) is 0 Å². The first-order chi connectivity index (χ1) is 11.2. The van der Waals surface area contributed by atoms with Gasteiger partial charge in [-0.1, -0.05) is 11.6 Å². The van der Waals surface area contributed by atoms with Crippen molar-refractivity contribution >= 4 is 34.6 Å². The maximum Gasteiger partial charge on any atom is 0.176 e. The minimum atomic E-state index is 0.155. The van der Waals surface area contributed by atoms with E-state index in [4.69, 9.17) is 21.6 Å². The molecule has 5 nitrogen and oxygen atoms in total. The normalized spacial score (nSPS) is 25.7. The van der Waals surface area contributed by atoms with Crippen LogP contribution in [0.15, 0.2) is 40.5 Å². The van der Waals surface area contributed by atoms with E-state index < -0.39 is 0 Å². The van der Waals surface area contributed by atoms with E-state index in [-0.39, 0.29) is 6.04 Å². The Morgan fingerprint density at radius 1 is 1.30 bits per heavy atom. The van der Waals surface area contributed by atoms with Crippen molar-refractivity contribution in [2.45, 2.75) is 31.8 Å². The SMILES string of the molecule is CC1C=CN2C(=N1)C(=NC1CCNCC1)Nc1ccc(Cl)cc12. The maximum absolute atomic E-state index is 6.17. The number of piperidine rings is 1. The number of halogens is 1. The van der Waals surface area contributed by atoms with Crippen molar-refractivity contribution in [2.75, 3.05) is 23.3 Å². The summed E-state index contributed by atoms with van der Waals surface area (Å²) in [5.74, 6) is 1.75. The molecule has 3 heterocycles. The van der Waals surface area contributed by atoms with E-state index in [0.717, 1.165) is 54.0 Å². The lowest BCUT2D eigenvalue weighted by Crippen LogP contribution is -2.44. The van der Waals surface area contributed by atoms with Crippen molar-refractivity contribution < 1.29 is 0 Å². The third-order valence-corrected chi connectivity index (χ3v) is 4.61. The molecule has 1 unspecified atom stereocenters. The fourth-order valence-corrected chi connectivity index (χ4v) is 3.32. The van der Waals surface area contributed by atoms with Crippen molar-refractivity contribution in [3.8, 4) is 0 Å². The smallest absolute Gasteiger partial charge is 0.176 e. The first kappa shape index (κ1) is 14.7. The predicted molar refractivity (Wildman–Crippen MR) is 96.9 cm³/mol. The third kappa shape index (κ3) is 2.86. The highest BCUT2D eigenvalue weighted by Gasteiger charge is 2.29. The summed E-state index contributed by atoms with van der Waals surface area (Å²) in [6.45, 7) is 4.14. The van der Waals surface area contributed by atoms with Crippen LogP contribution in [0.1, 0.15) is 19.8 Å². The van der Waals surface area contributed by atoms with Gasteiger partial charge in [-0.3, -0.25) is 14.9 Å². The average molecular weight is 330 g/mol. The van der Waals surface area contributed by atoms with Crippen LogP contribution < -0.4 is 15.5 Å². The van der Waals surface area contributed by atoms with Gasteiger partial charge in [0.25, 0.3) is 0 Å². The van der Waals surface area contributed by atoms with Gasteiger partial charge in [-0.25, -0.2) is 0 Å². The van der Waals surface area contributed by atoms with Crippen LogP contribution in [0.5, 0.6) is 0 Å². The van der Waals surface area contributed by atoms with Gasteiger partial charge in [0.15, 0.2) is 11.7 Å². The van der Waals surface area contributed by atoms with Gasteiger partial charge in [0.2, 0.25) is 0 Å². The van der Waals surface area contributed by atoms with Crippen LogP contribution >= 0.6 is 11.6 Å². The Balaban J connectivity index is 1.75. The molecular formula is C17H20ClN5. The molecule has 1 aromatic rings. The molecule has 1 saturated heterocycles. The van der Waals surface area contributed by atoms with Crippen LogP contribution in [-0.4, -0.2) is 36.8 Å². The van der Waals surface area contributed by atoms with Crippen LogP contribution in [0, 0.1) is 0 Å². The molecule has 3 aliphatic heterocycles. The fourth-order valence-electron chi connectivity index (χ4n) is 3.15. The summed E-state index contributed by atoms with van der Waals surface area (Å²) >= 11 is 6.17. The Kier molecular flexibility index (Phi) is 3.83. The lowest BCUT2D eigenvalue weighted by Gasteiger charge is -2.35. The molecule has 3 aliphatic rings. The summed E-state index contributed by atoms with van der Waals surface area (Å²) in [7, 11) is 0. The summed E-state index contributed by atoms with van der Waals surface area (Å²) in [5.41, 5.74) is 2.03. The quantitative estimate of drug-likeness (QED) is 0.832. The molecule has 0 spiro atoms. The standard InChI is InChI=1S/C17H20ClN5/c1-11-6-9-23-15-10-12(18)2-3-14(15)22-16(17(23)20-11)21-13-4-7-19-8-5-13/h2-3,6,9-11,13,19H,4-5,7-8H2,1H3,(H,21,22). The van der Waals surface area contributed by atoms with Gasteiger partial charge < -0.3 is 10.6 Å². The number of nitrogens with one attached hydrogen (secondary N) is 2. The van der Waals surface area contributed by atoms with Gasteiger partial charge in [-0.15, -0.1) is 0 Å². The van der Waals surface area contributed by atoms with Crippen LogP contribution in [0.25, 0.3) is 0 Å². The fraction of sp³-hybridized carbons (Fsp3) is 0.412. The number of amidine groups is 2. The minimum Gasteiger partial charge on any atom is -0.336 e. The molecule has 0 radical (unpaired) electrons. The van der Waals surface area contributed by atoms with E-state index in [1.807, 2.05) is 18.2 Å². The molecular weight excluding hydrogens is 310 g/mol. The number of fused-ring (bicyclic) bond motifs is 3. The molecule has 23 heavy (non-hydrogen) atoms. The van der Waals surface area contributed by atoms with Crippen LogP contribution in [0.3, 0.4) is 0 Å². The van der Waals surface area contributed by atoms with E-state index in [2.05, 4.69) is 34.7 Å². The molecule has 4 rings (SSSR count). The third-order valence-electron chi connectivity index (χ3n) is 4.37. The van der Waals surface area contributed by atoms with Gasteiger partial charge >= 0.3 is 0 Å². The van der Waals surface area contributed by atoms with Gasteiger partial charge in [-0.05, 0) is 57.1 Å². The first-order valence-corrected chi connectivity index (χ1v) is 8.49. The lowest BCUT2D eigenvalue weighted by atomic mass is 10.1. The summed E-state index contributed by atoms with van der Waals surface area (Å²) in [5, 5.41) is 7.56. The van der Waals surface area contributed by atoms with Gasteiger partial charge in [0.1, 0.15) is 0 Å². The van der Waals surface area contributed by atoms with Crippen molar-refractivity contribution in [1.82, 2.24) is 5.32 Å². The number of nitrogens with zero attached hydrogens (tertiary/aromatic N) is 3. The molecule has 0 aromatic heterocycles. The van der Waals surface area contributed by atoms with Crippen molar-refractivity contribution in [3.05, 3.63) is 35.5 Å². The molecule has 120 valence electrons. The van der Waals surface area contributed by atoms with Gasteiger partial charge in [0.05, 0.1) is 23.5 Å². The minimum absolute atomic E-state index is 0.155. The van der Waals surface area contributed by atoms with Gasteiger partial charge in [-0.2, -0.15) is 0 Å². The molecule has 6 heteroatoms. The van der Waals surface area contributed by atoms with E-state index in [9.17, 15) is 0 Å². The van der Waals surface area contributed by atoms with Gasteiger partial charge in [0, 0.05) is 11.2 Å². The highest BCUT2D eigenvalue weighted by atomic mass is 35.5. The zero-order chi connectivity index (χ0) is 15.8. The summed E-state index contributed by atoms with van der Waals surface area (Å²) in [4.78, 5) is 11.8. The first-order valence-electron chi connectivity index (χ1n) is 8.11. The molecule has 1 aromatic carbocycles. The molecule has 0 amide bonds. The largest absolute Gasteiger partial charge is 0.336 e. The Hall–Kier alpha value is -1.85. The number of benzene rings is 1. The number of hydrogen-bond donors (Lipinski definition) is 2. The zero-order valence-electron chi connectivity index (χ0n) is 13.1. The zero-order valence-corrected chi connectivity index (χ0v) is 13.8. The molecule has 0 aliphatic carbocycles. The number of rotatable bonds is 1. The monoisotopic (exact) mass is 329 g/mol. The Bertz CT molecular complexity index is 703. The highest BCUT2D eigenvalue weighted by molar-refractivity contribution is 6.52.